The lowest BCUT2D eigenvalue weighted by Gasteiger charge is -2.24. The lowest BCUT2D eigenvalue weighted by Crippen LogP contribution is -2.58. The molecule has 0 fully saturated rings. The molecule has 0 unspecified atom stereocenters. The molecule has 0 aliphatic rings. The number of aldehydes is 2. The minimum Gasteiger partial charge on any atom is -0.394 e. The third-order valence-electron chi connectivity index (χ3n) is 6.31. The fourth-order valence-electron chi connectivity index (χ4n) is 3.61. The normalized spacial score (nSPS) is 14.9. The van der Waals surface area contributed by atoms with Crippen molar-refractivity contribution in [1.82, 2.24) is 26.6 Å². The fraction of sp³-hybridized carbons (Fsp3) is 0.679. The van der Waals surface area contributed by atoms with Gasteiger partial charge in [0.15, 0.2) is 0 Å². The Morgan fingerprint density at radius 3 is 1.61 bits per heavy atom. The Labute approximate surface area is 289 Å². The lowest BCUT2D eigenvalue weighted by molar-refractivity contribution is -0.133. The third kappa shape index (κ3) is 22.2. The molecule has 49 heavy (non-hydrogen) atoms. The van der Waals surface area contributed by atoms with Crippen molar-refractivity contribution >= 4 is 66.6 Å². The number of thiol groups is 1. The maximum absolute atomic E-state index is 12.8. The van der Waals surface area contributed by atoms with Crippen LogP contribution in [0.25, 0.3) is 0 Å². The Balaban J connectivity index is 0. The van der Waals surface area contributed by atoms with Gasteiger partial charge in [0.1, 0.15) is 42.8 Å². The van der Waals surface area contributed by atoms with Gasteiger partial charge in [-0.2, -0.15) is 12.6 Å². The van der Waals surface area contributed by atoms with Crippen molar-refractivity contribution in [2.24, 2.45) is 28.9 Å². The minimum absolute atomic E-state index is 0.242. The van der Waals surface area contributed by atoms with E-state index in [2.05, 4.69) is 39.2 Å². The van der Waals surface area contributed by atoms with E-state index in [0.29, 0.717) is 12.2 Å². The molecule has 0 heterocycles. The van der Waals surface area contributed by atoms with E-state index in [0.717, 1.165) is 12.7 Å². The Kier molecular flexibility index (Phi) is 24.7. The van der Waals surface area contributed by atoms with Crippen molar-refractivity contribution in [2.75, 3.05) is 18.9 Å². The van der Waals surface area contributed by atoms with Crippen molar-refractivity contribution in [3.8, 4) is 0 Å². The number of rotatable bonds is 23. The second-order valence-electron chi connectivity index (χ2n) is 11.3. The SMILES string of the molecule is CC(C)C[C@H](N)C=O.C[C@@H](O)[C@@H](C=O)NC(=O)[C@H](CS)NC(=O)[C@H](CCC(N)=O)NC(=O)CNC(=O)[C@H](CCC(N)=O)NC(=O)[C@@H](N)CO. The molecular weight excluding hydrogens is 670 g/mol. The first-order chi connectivity index (χ1) is 22.8. The van der Waals surface area contributed by atoms with Gasteiger partial charge in [0.05, 0.1) is 25.3 Å². The summed E-state index contributed by atoms with van der Waals surface area (Å²) >= 11 is 3.99. The van der Waals surface area contributed by atoms with Gasteiger partial charge in [-0.05, 0) is 32.1 Å². The second-order valence-corrected chi connectivity index (χ2v) is 11.6. The minimum atomic E-state index is -1.41. The number of aliphatic hydroxyl groups is 2. The Bertz CT molecular complexity index is 1130. The number of hydrogen-bond donors (Lipinski definition) is 12. The number of aliphatic hydroxyl groups excluding tert-OH is 2. The van der Waals surface area contributed by atoms with Crippen LogP contribution in [0.1, 0.15) is 52.9 Å². The average Bonchev–Trinajstić information content (AvgIpc) is 3.03. The van der Waals surface area contributed by atoms with Crippen LogP contribution in [0.15, 0.2) is 0 Å². The van der Waals surface area contributed by atoms with Gasteiger partial charge in [0.25, 0.3) is 0 Å². The highest BCUT2D eigenvalue weighted by Crippen LogP contribution is 2.02. The van der Waals surface area contributed by atoms with E-state index < -0.39 is 90.8 Å². The summed E-state index contributed by atoms with van der Waals surface area (Å²) in [6.45, 7) is 3.91. The van der Waals surface area contributed by atoms with E-state index in [4.69, 9.17) is 28.0 Å². The van der Waals surface area contributed by atoms with E-state index in [1.165, 1.54) is 6.92 Å². The van der Waals surface area contributed by atoms with Gasteiger partial charge in [0.2, 0.25) is 41.4 Å². The highest BCUT2D eigenvalue weighted by molar-refractivity contribution is 7.80. The standard InChI is InChI=1S/C22H38N8O10S.C6H13NO/c1-10(33)14(8-32)29-22(40)15(9-41)30-21(39)13(3-5-17(25)35)27-18(36)6-26-20(38)12(2-4-16(24)34)28-19(37)11(23)7-31;1-5(2)3-6(7)4-8/h8,10-15,31,33,41H,2-7,9,23H2,1H3,(H2,24,34)(H2,25,35)(H,26,38)(H,27,36)(H,28,37)(H,29,40)(H,30,39);4-6H,3,7H2,1-2H3/t10-,11+,12+,13+,14-,15+;6-/m10/s1. The third-order valence-corrected chi connectivity index (χ3v) is 6.67. The smallest absolute Gasteiger partial charge is 0.244 e. The van der Waals surface area contributed by atoms with Crippen LogP contribution in [0.2, 0.25) is 0 Å². The van der Waals surface area contributed by atoms with Crippen molar-refractivity contribution in [2.45, 2.75) is 95.2 Å². The number of hydrogen-bond acceptors (Lipinski definition) is 14. The van der Waals surface area contributed by atoms with Crippen molar-refractivity contribution in [3.05, 3.63) is 0 Å². The fourth-order valence-corrected chi connectivity index (χ4v) is 3.87. The van der Waals surface area contributed by atoms with Crippen LogP contribution >= 0.6 is 12.6 Å². The summed E-state index contributed by atoms with van der Waals surface area (Å²) in [6, 6.07) is -6.93. The quantitative estimate of drug-likeness (QED) is 0.0346. The number of nitrogens with two attached hydrogens (primary N) is 4. The van der Waals surface area contributed by atoms with Gasteiger partial charge in [-0.25, -0.2) is 0 Å². The van der Waals surface area contributed by atoms with E-state index in [-0.39, 0.29) is 37.5 Å². The van der Waals surface area contributed by atoms with Crippen molar-refractivity contribution in [3.63, 3.8) is 0 Å². The predicted molar refractivity (Wildman–Crippen MR) is 178 cm³/mol. The molecule has 20 nitrogen and oxygen atoms in total. The number of carbonyl (C=O) groups excluding carboxylic acids is 9. The average molecular weight is 722 g/mol. The molecule has 0 rings (SSSR count). The predicted octanol–water partition coefficient (Wildman–Crippen LogP) is -6.04. The molecule has 21 heteroatoms. The van der Waals surface area contributed by atoms with E-state index >= 15 is 0 Å². The molecule has 0 radical (unpaired) electrons. The van der Waals surface area contributed by atoms with E-state index in [1.807, 2.05) is 13.8 Å². The molecule has 0 bridgehead atoms. The maximum atomic E-state index is 12.8. The van der Waals surface area contributed by atoms with Gasteiger partial charge in [-0.3, -0.25) is 33.6 Å². The van der Waals surface area contributed by atoms with E-state index in [1.54, 1.807) is 0 Å². The van der Waals surface area contributed by atoms with Crippen LogP contribution < -0.4 is 49.5 Å². The first-order valence-electron chi connectivity index (χ1n) is 15.2. The maximum Gasteiger partial charge on any atom is 0.244 e. The van der Waals surface area contributed by atoms with Gasteiger partial charge in [0, 0.05) is 18.6 Å². The molecule has 0 aromatic heterocycles. The zero-order valence-electron chi connectivity index (χ0n) is 27.8. The van der Waals surface area contributed by atoms with Gasteiger partial charge in [-0.15, -0.1) is 0 Å². The number of nitrogens with one attached hydrogen (secondary N) is 5. The number of carbonyl (C=O) groups is 9. The van der Waals surface area contributed by atoms with Crippen LogP contribution in [0.5, 0.6) is 0 Å². The molecule has 0 saturated carbocycles. The summed E-state index contributed by atoms with van der Waals surface area (Å²) in [5.41, 5.74) is 20.9. The largest absolute Gasteiger partial charge is 0.394 e. The monoisotopic (exact) mass is 721 g/mol. The molecule has 7 amide bonds. The van der Waals surface area contributed by atoms with Gasteiger partial charge < -0.3 is 69.3 Å². The van der Waals surface area contributed by atoms with Gasteiger partial charge in [-0.1, -0.05) is 13.8 Å². The summed E-state index contributed by atoms with van der Waals surface area (Å²) < 4.78 is 0. The van der Waals surface area contributed by atoms with Crippen molar-refractivity contribution in [1.29, 1.82) is 0 Å². The molecule has 0 aromatic rings. The molecular formula is C28H51N9O11S. The topological polar surface area (TPSA) is 358 Å². The first-order valence-corrected chi connectivity index (χ1v) is 15.8. The second kappa shape index (κ2) is 25.8. The highest BCUT2D eigenvalue weighted by Gasteiger charge is 2.29. The molecule has 0 aliphatic carbocycles. The van der Waals surface area contributed by atoms with Crippen LogP contribution in [-0.4, -0.2) is 125 Å². The van der Waals surface area contributed by atoms with Crippen LogP contribution in [0, 0.1) is 5.92 Å². The molecule has 7 atom stereocenters. The summed E-state index contributed by atoms with van der Waals surface area (Å²) in [5, 5.41) is 29.8. The summed E-state index contributed by atoms with van der Waals surface area (Å²) in [7, 11) is 0. The summed E-state index contributed by atoms with van der Waals surface area (Å²) in [5.74, 6) is -5.80. The Morgan fingerprint density at radius 1 is 0.735 bits per heavy atom. The number of primary amides is 2. The Hall–Kier alpha value is -4.18. The first kappa shape index (κ1) is 46.9. The molecule has 0 aromatic carbocycles. The number of amides is 7. The molecule has 0 spiro atoms. The zero-order valence-corrected chi connectivity index (χ0v) is 28.7. The summed E-state index contributed by atoms with van der Waals surface area (Å²) in [4.78, 5) is 106. The zero-order chi connectivity index (χ0) is 38.3. The van der Waals surface area contributed by atoms with E-state index in [9.17, 15) is 48.3 Å². The van der Waals surface area contributed by atoms with Crippen LogP contribution in [-0.2, 0) is 43.2 Å². The molecule has 0 aliphatic heterocycles. The lowest BCUT2D eigenvalue weighted by atomic mass is 10.1. The van der Waals surface area contributed by atoms with Crippen LogP contribution in [0.4, 0.5) is 0 Å². The van der Waals surface area contributed by atoms with Gasteiger partial charge >= 0.3 is 0 Å². The summed E-state index contributed by atoms with van der Waals surface area (Å²) in [6.07, 6.45) is -0.519. The molecule has 15 N–H and O–H groups in total. The molecule has 0 saturated heterocycles. The highest BCUT2D eigenvalue weighted by atomic mass is 32.1. The van der Waals surface area contributed by atoms with Crippen LogP contribution in [0.3, 0.4) is 0 Å². The van der Waals surface area contributed by atoms with Crippen molar-refractivity contribution < 1.29 is 53.4 Å². The molecule has 280 valence electrons. The Morgan fingerprint density at radius 2 is 1.22 bits per heavy atom.